The Morgan fingerprint density at radius 2 is 1.77 bits per heavy atom. The van der Waals surface area contributed by atoms with Gasteiger partial charge in [0, 0.05) is 25.3 Å². The van der Waals surface area contributed by atoms with Crippen molar-refractivity contribution in [2.24, 2.45) is 5.92 Å². The van der Waals surface area contributed by atoms with Gasteiger partial charge in [0.2, 0.25) is 11.8 Å². The Morgan fingerprint density at radius 3 is 2.48 bits per heavy atom. The molecule has 0 unspecified atom stereocenters. The SMILES string of the molecule is Cc1cccc(C2CCN(C(=O)CN3CC[C@@H](C(=O)Nc4ccc(O)cc4)C3)CC2)c1. The normalized spacial score (nSPS) is 20.0. The molecule has 0 aliphatic carbocycles. The van der Waals surface area contributed by atoms with E-state index in [-0.39, 0.29) is 23.5 Å². The molecule has 2 aromatic carbocycles. The van der Waals surface area contributed by atoms with Crippen molar-refractivity contribution in [3.8, 4) is 5.75 Å². The number of aromatic hydroxyl groups is 1. The average Bonchev–Trinajstić information content (AvgIpc) is 3.24. The van der Waals surface area contributed by atoms with Crippen LogP contribution in [0.15, 0.2) is 48.5 Å². The van der Waals surface area contributed by atoms with Crippen molar-refractivity contribution in [3.05, 3.63) is 59.7 Å². The number of rotatable bonds is 5. The first-order valence-electron chi connectivity index (χ1n) is 11.1. The number of likely N-dealkylation sites (tertiary alicyclic amines) is 2. The minimum Gasteiger partial charge on any atom is -0.508 e. The van der Waals surface area contributed by atoms with E-state index in [1.54, 1.807) is 24.3 Å². The van der Waals surface area contributed by atoms with E-state index in [9.17, 15) is 14.7 Å². The number of nitrogens with one attached hydrogen (secondary N) is 1. The van der Waals surface area contributed by atoms with E-state index in [1.807, 2.05) is 4.90 Å². The van der Waals surface area contributed by atoms with Gasteiger partial charge in [-0.1, -0.05) is 29.8 Å². The van der Waals surface area contributed by atoms with Crippen LogP contribution in [0, 0.1) is 12.8 Å². The molecule has 2 amide bonds. The van der Waals surface area contributed by atoms with E-state index in [1.165, 1.54) is 11.1 Å². The number of phenols is 1. The number of nitrogens with zero attached hydrogens (tertiary/aromatic N) is 2. The van der Waals surface area contributed by atoms with Gasteiger partial charge < -0.3 is 15.3 Å². The summed E-state index contributed by atoms with van der Waals surface area (Å²) < 4.78 is 0. The van der Waals surface area contributed by atoms with Crippen LogP contribution in [0.1, 0.15) is 36.3 Å². The zero-order chi connectivity index (χ0) is 21.8. The van der Waals surface area contributed by atoms with Crippen LogP contribution in [0.4, 0.5) is 5.69 Å². The third-order valence-corrected chi connectivity index (χ3v) is 6.50. The first kappa shape index (κ1) is 21.4. The second-order valence-electron chi connectivity index (χ2n) is 8.83. The molecule has 0 saturated carbocycles. The van der Waals surface area contributed by atoms with Gasteiger partial charge in [-0.15, -0.1) is 0 Å². The van der Waals surface area contributed by atoms with Crippen LogP contribution in [0.2, 0.25) is 0 Å². The molecule has 0 spiro atoms. The lowest BCUT2D eigenvalue weighted by Gasteiger charge is -2.33. The first-order chi connectivity index (χ1) is 15.0. The second-order valence-corrected chi connectivity index (χ2v) is 8.83. The summed E-state index contributed by atoms with van der Waals surface area (Å²) in [5.74, 6) is 0.728. The van der Waals surface area contributed by atoms with E-state index in [0.717, 1.165) is 38.9 Å². The Morgan fingerprint density at radius 1 is 1.03 bits per heavy atom. The van der Waals surface area contributed by atoms with Crippen LogP contribution >= 0.6 is 0 Å². The third kappa shape index (κ3) is 5.44. The molecule has 4 rings (SSSR count). The van der Waals surface area contributed by atoms with Crippen molar-refractivity contribution in [1.29, 1.82) is 0 Å². The molecule has 6 heteroatoms. The second kappa shape index (κ2) is 9.52. The van der Waals surface area contributed by atoms with Crippen molar-refractivity contribution in [3.63, 3.8) is 0 Å². The van der Waals surface area contributed by atoms with Crippen molar-refractivity contribution < 1.29 is 14.7 Å². The summed E-state index contributed by atoms with van der Waals surface area (Å²) in [6, 6.07) is 15.2. The van der Waals surface area contributed by atoms with Gasteiger partial charge in [-0.2, -0.15) is 0 Å². The number of hydrogen-bond donors (Lipinski definition) is 2. The lowest BCUT2D eigenvalue weighted by atomic mass is 9.88. The molecular formula is C25H31N3O3. The summed E-state index contributed by atoms with van der Waals surface area (Å²) in [4.78, 5) is 29.4. The van der Waals surface area contributed by atoms with E-state index in [4.69, 9.17) is 0 Å². The standard InChI is InChI=1S/C25H31N3O3/c1-18-3-2-4-20(15-18)19-10-13-28(14-11-19)24(30)17-27-12-9-21(16-27)25(31)26-22-5-7-23(29)8-6-22/h2-8,15,19,21,29H,9-14,16-17H2,1H3,(H,26,31)/t21-/m1/s1. The molecule has 1 atom stereocenters. The highest BCUT2D eigenvalue weighted by Gasteiger charge is 2.31. The molecule has 0 radical (unpaired) electrons. The smallest absolute Gasteiger partial charge is 0.236 e. The van der Waals surface area contributed by atoms with E-state index >= 15 is 0 Å². The number of piperidine rings is 1. The highest BCUT2D eigenvalue weighted by atomic mass is 16.3. The maximum Gasteiger partial charge on any atom is 0.236 e. The third-order valence-electron chi connectivity index (χ3n) is 6.50. The van der Waals surface area contributed by atoms with Gasteiger partial charge in [0.1, 0.15) is 5.75 Å². The Hall–Kier alpha value is -2.86. The summed E-state index contributed by atoms with van der Waals surface area (Å²) in [7, 11) is 0. The quantitative estimate of drug-likeness (QED) is 0.726. The molecule has 2 N–H and O–H groups in total. The number of anilines is 1. The molecule has 164 valence electrons. The van der Waals surface area contributed by atoms with Gasteiger partial charge in [-0.25, -0.2) is 0 Å². The van der Waals surface area contributed by atoms with Crippen molar-refractivity contribution in [1.82, 2.24) is 9.80 Å². The molecule has 2 heterocycles. The molecule has 0 aromatic heterocycles. The summed E-state index contributed by atoms with van der Waals surface area (Å²) in [5.41, 5.74) is 3.34. The maximum atomic E-state index is 12.8. The topological polar surface area (TPSA) is 72.9 Å². The summed E-state index contributed by atoms with van der Waals surface area (Å²) in [6.45, 7) is 5.48. The fourth-order valence-corrected chi connectivity index (χ4v) is 4.66. The van der Waals surface area contributed by atoms with Crippen LogP contribution in [-0.4, -0.2) is 59.4 Å². The number of carbonyl (C=O) groups excluding carboxylic acids is 2. The van der Waals surface area contributed by atoms with Crippen LogP contribution in [-0.2, 0) is 9.59 Å². The first-order valence-corrected chi connectivity index (χ1v) is 11.1. The van der Waals surface area contributed by atoms with Gasteiger partial charge in [-0.05, 0) is 68.5 Å². The molecule has 2 saturated heterocycles. The molecule has 0 bridgehead atoms. The predicted molar refractivity (Wildman–Crippen MR) is 121 cm³/mol. The summed E-state index contributed by atoms with van der Waals surface area (Å²) in [5, 5.41) is 12.3. The molecule has 2 aromatic rings. The van der Waals surface area contributed by atoms with Crippen LogP contribution in [0.3, 0.4) is 0 Å². The van der Waals surface area contributed by atoms with E-state index < -0.39 is 0 Å². The summed E-state index contributed by atoms with van der Waals surface area (Å²) >= 11 is 0. The molecule has 2 aliphatic rings. The van der Waals surface area contributed by atoms with Gasteiger partial charge in [0.25, 0.3) is 0 Å². The van der Waals surface area contributed by atoms with Crippen LogP contribution in [0.5, 0.6) is 5.75 Å². The highest BCUT2D eigenvalue weighted by molar-refractivity contribution is 5.93. The number of carbonyl (C=O) groups is 2. The molecule has 2 fully saturated rings. The van der Waals surface area contributed by atoms with Gasteiger partial charge in [0.15, 0.2) is 0 Å². The van der Waals surface area contributed by atoms with E-state index in [2.05, 4.69) is 41.4 Å². The van der Waals surface area contributed by atoms with Crippen LogP contribution < -0.4 is 5.32 Å². The Balaban J connectivity index is 1.22. The van der Waals surface area contributed by atoms with Gasteiger partial charge >= 0.3 is 0 Å². The number of phenolic OH excluding ortho intramolecular Hbond substituents is 1. The minimum absolute atomic E-state index is 0.0281. The maximum absolute atomic E-state index is 12.8. The fraction of sp³-hybridized carbons (Fsp3) is 0.440. The van der Waals surface area contributed by atoms with Gasteiger partial charge in [-0.3, -0.25) is 14.5 Å². The molecule has 6 nitrogen and oxygen atoms in total. The Labute approximate surface area is 183 Å². The number of hydrogen-bond acceptors (Lipinski definition) is 4. The fourth-order valence-electron chi connectivity index (χ4n) is 4.66. The molecule has 2 aliphatic heterocycles. The number of benzene rings is 2. The zero-order valence-electron chi connectivity index (χ0n) is 18.1. The average molecular weight is 422 g/mol. The van der Waals surface area contributed by atoms with Crippen molar-refractivity contribution in [2.75, 3.05) is 38.0 Å². The van der Waals surface area contributed by atoms with Crippen LogP contribution in [0.25, 0.3) is 0 Å². The van der Waals surface area contributed by atoms with E-state index in [0.29, 0.717) is 24.7 Å². The number of amides is 2. The van der Waals surface area contributed by atoms with Crippen molar-refractivity contribution in [2.45, 2.75) is 32.1 Å². The lowest BCUT2D eigenvalue weighted by Crippen LogP contribution is -2.43. The Kier molecular flexibility index (Phi) is 6.56. The number of aryl methyl sites for hydroxylation is 1. The predicted octanol–water partition coefficient (Wildman–Crippen LogP) is 3.37. The largest absolute Gasteiger partial charge is 0.508 e. The molecular weight excluding hydrogens is 390 g/mol. The van der Waals surface area contributed by atoms with Gasteiger partial charge in [0.05, 0.1) is 12.5 Å². The lowest BCUT2D eigenvalue weighted by molar-refractivity contribution is -0.133. The molecule has 31 heavy (non-hydrogen) atoms. The minimum atomic E-state index is -0.117. The summed E-state index contributed by atoms with van der Waals surface area (Å²) in [6.07, 6.45) is 2.77. The zero-order valence-corrected chi connectivity index (χ0v) is 18.1. The Bertz CT molecular complexity index is 920. The highest BCUT2D eigenvalue weighted by Crippen LogP contribution is 2.29. The van der Waals surface area contributed by atoms with Crippen molar-refractivity contribution >= 4 is 17.5 Å². The monoisotopic (exact) mass is 421 g/mol.